The molecule has 2 aliphatic heterocycles. The van der Waals surface area contributed by atoms with Crippen LogP contribution in [0, 0.1) is 0 Å². The fourth-order valence-electron chi connectivity index (χ4n) is 4.68. The molecule has 2 aliphatic rings. The van der Waals surface area contributed by atoms with Gasteiger partial charge in [-0.3, -0.25) is 9.59 Å². The summed E-state index contributed by atoms with van der Waals surface area (Å²) in [7, 11) is 1.68. The van der Waals surface area contributed by atoms with E-state index in [2.05, 4.69) is 11.0 Å². The minimum atomic E-state index is 0.0198. The van der Waals surface area contributed by atoms with E-state index in [-0.39, 0.29) is 11.8 Å². The van der Waals surface area contributed by atoms with Gasteiger partial charge in [-0.05, 0) is 41.5 Å². The number of methoxy groups -OCH3 is 1. The summed E-state index contributed by atoms with van der Waals surface area (Å²) in [5.41, 5.74) is 4.62. The minimum Gasteiger partial charge on any atom is -0.495 e. The largest absolute Gasteiger partial charge is 0.495 e. The maximum atomic E-state index is 13.2. The van der Waals surface area contributed by atoms with Gasteiger partial charge in [-0.2, -0.15) is 0 Å². The Morgan fingerprint density at radius 1 is 0.879 bits per heavy atom. The van der Waals surface area contributed by atoms with Crippen molar-refractivity contribution in [3.05, 3.63) is 89.5 Å². The van der Waals surface area contributed by atoms with Gasteiger partial charge in [0.1, 0.15) is 5.75 Å². The Balaban J connectivity index is 1.27. The van der Waals surface area contributed by atoms with E-state index < -0.39 is 0 Å². The van der Waals surface area contributed by atoms with Gasteiger partial charge >= 0.3 is 0 Å². The number of ether oxygens (including phenoxy) is 1. The molecular formula is C27H27N3O3. The van der Waals surface area contributed by atoms with Crippen molar-refractivity contribution in [1.29, 1.82) is 0 Å². The number of hydrogen-bond donors (Lipinski definition) is 0. The number of benzene rings is 3. The van der Waals surface area contributed by atoms with Gasteiger partial charge in [0.05, 0.1) is 25.8 Å². The van der Waals surface area contributed by atoms with E-state index in [4.69, 9.17) is 4.74 Å². The zero-order valence-electron chi connectivity index (χ0n) is 18.7. The molecule has 0 radical (unpaired) electrons. The smallest absolute Gasteiger partial charge is 0.253 e. The molecule has 3 aromatic carbocycles. The van der Waals surface area contributed by atoms with Crippen LogP contribution in [0.1, 0.15) is 21.5 Å². The standard InChI is InChI=1S/C27H27N3O3/c1-33-25-10-6-5-9-24(25)28-13-15-29(16-14-28)27(32)21-11-12-23-22(17-21)18-26(31)30(23)19-20-7-3-2-4-8-20/h2-12,17H,13-16,18-19H2,1H3. The van der Waals surface area contributed by atoms with Crippen molar-refractivity contribution in [3.8, 4) is 5.75 Å². The van der Waals surface area contributed by atoms with E-state index in [1.165, 1.54) is 0 Å². The summed E-state index contributed by atoms with van der Waals surface area (Å²) < 4.78 is 5.49. The predicted molar refractivity (Wildman–Crippen MR) is 129 cm³/mol. The molecule has 0 saturated carbocycles. The summed E-state index contributed by atoms with van der Waals surface area (Å²) in [4.78, 5) is 31.8. The number of nitrogens with zero attached hydrogens (tertiary/aromatic N) is 3. The first-order chi connectivity index (χ1) is 16.1. The van der Waals surface area contributed by atoms with Gasteiger partial charge in [-0.1, -0.05) is 42.5 Å². The SMILES string of the molecule is COc1ccccc1N1CCN(C(=O)c2ccc3c(c2)CC(=O)N3Cc2ccccc2)CC1. The van der Waals surface area contributed by atoms with Gasteiger partial charge in [-0.15, -0.1) is 0 Å². The van der Waals surface area contributed by atoms with E-state index in [9.17, 15) is 9.59 Å². The molecule has 0 atom stereocenters. The van der Waals surface area contributed by atoms with Crippen molar-refractivity contribution >= 4 is 23.2 Å². The highest BCUT2D eigenvalue weighted by Gasteiger charge is 2.29. The topological polar surface area (TPSA) is 53.1 Å². The Kier molecular flexibility index (Phi) is 5.73. The van der Waals surface area contributed by atoms with Crippen molar-refractivity contribution in [3.63, 3.8) is 0 Å². The molecule has 6 nitrogen and oxygen atoms in total. The van der Waals surface area contributed by atoms with E-state index in [1.54, 1.807) is 7.11 Å². The van der Waals surface area contributed by atoms with Crippen LogP contribution in [0.4, 0.5) is 11.4 Å². The second-order valence-electron chi connectivity index (χ2n) is 8.44. The van der Waals surface area contributed by atoms with Crippen molar-refractivity contribution in [2.24, 2.45) is 0 Å². The molecule has 0 spiro atoms. The summed E-state index contributed by atoms with van der Waals surface area (Å²) >= 11 is 0. The molecule has 0 aliphatic carbocycles. The lowest BCUT2D eigenvalue weighted by molar-refractivity contribution is -0.117. The zero-order chi connectivity index (χ0) is 22.8. The molecule has 0 N–H and O–H groups in total. The summed E-state index contributed by atoms with van der Waals surface area (Å²) in [6.45, 7) is 3.34. The molecule has 2 heterocycles. The fraction of sp³-hybridized carbons (Fsp3) is 0.259. The lowest BCUT2D eigenvalue weighted by Crippen LogP contribution is -2.48. The molecular weight excluding hydrogens is 414 g/mol. The van der Waals surface area contributed by atoms with Crippen LogP contribution in [0.5, 0.6) is 5.75 Å². The van der Waals surface area contributed by atoms with Crippen molar-refractivity contribution in [1.82, 2.24) is 4.90 Å². The second kappa shape index (κ2) is 8.98. The number of carbonyl (C=O) groups is 2. The zero-order valence-corrected chi connectivity index (χ0v) is 18.7. The normalized spacial score (nSPS) is 15.5. The Labute approximate surface area is 194 Å². The number of amides is 2. The van der Waals surface area contributed by atoms with E-state index in [0.717, 1.165) is 41.3 Å². The fourth-order valence-corrected chi connectivity index (χ4v) is 4.68. The van der Waals surface area contributed by atoms with Crippen LogP contribution in [0.3, 0.4) is 0 Å². The third-order valence-electron chi connectivity index (χ3n) is 6.44. The third-order valence-corrected chi connectivity index (χ3v) is 6.44. The van der Waals surface area contributed by atoms with Crippen LogP contribution in [-0.2, 0) is 17.8 Å². The van der Waals surface area contributed by atoms with Crippen molar-refractivity contribution in [2.75, 3.05) is 43.1 Å². The quantitative estimate of drug-likeness (QED) is 0.605. The molecule has 168 valence electrons. The van der Waals surface area contributed by atoms with Crippen molar-refractivity contribution < 1.29 is 14.3 Å². The number of para-hydroxylation sites is 2. The first-order valence-corrected chi connectivity index (χ1v) is 11.3. The predicted octanol–water partition coefficient (Wildman–Crippen LogP) is 3.75. The molecule has 1 fully saturated rings. The Hall–Kier alpha value is -3.80. The summed E-state index contributed by atoms with van der Waals surface area (Å²) in [6, 6.07) is 23.6. The average Bonchev–Trinajstić information content (AvgIpc) is 3.18. The lowest BCUT2D eigenvalue weighted by Gasteiger charge is -2.36. The first kappa shape index (κ1) is 21.1. The first-order valence-electron chi connectivity index (χ1n) is 11.3. The van der Waals surface area contributed by atoms with Crippen LogP contribution in [0.25, 0.3) is 0 Å². The highest BCUT2D eigenvalue weighted by molar-refractivity contribution is 6.03. The molecule has 3 aromatic rings. The number of carbonyl (C=O) groups excluding carboxylic acids is 2. The Morgan fingerprint density at radius 3 is 2.36 bits per heavy atom. The molecule has 5 rings (SSSR count). The number of piperazine rings is 1. The molecule has 6 heteroatoms. The van der Waals surface area contributed by atoms with Gasteiger partial charge in [0.15, 0.2) is 0 Å². The monoisotopic (exact) mass is 441 g/mol. The van der Waals surface area contributed by atoms with E-state index in [1.807, 2.05) is 76.5 Å². The summed E-state index contributed by atoms with van der Waals surface area (Å²) in [6.07, 6.45) is 0.338. The number of fused-ring (bicyclic) bond motifs is 1. The van der Waals surface area contributed by atoms with Crippen LogP contribution in [0.15, 0.2) is 72.8 Å². The van der Waals surface area contributed by atoms with Crippen LogP contribution in [-0.4, -0.2) is 50.0 Å². The van der Waals surface area contributed by atoms with Crippen LogP contribution < -0.4 is 14.5 Å². The lowest BCUT2D eigenvalue weighted by atomic mass is 10.1. The molecule has 0 unspecified atom stereocenters. The van der Waals surface area contributed by atoms with Gasteiger partial charge < -0.3 is 19.4 Å². The molecule has 1 saturated heterocycles. The van der Waals surface area contributed by atoms with Crippen LogP contribution in [0.2, 0.25) is 0 Å². The molecule has 2 amide bonds. The van der Waals surface area contributed by atoms with Gasteiger partial charge in [0.2, 0.25) is 5.91 Å². The van der Waals surface area contributed by atoms with E-state index in [0.29, 0.717) is 31.6 Å². The highest BCUT2D eigenvalue weighted by Crippen LogP contribution is 2.32. The number of hydrogen-bond acceptors (Lipinski definition) is 4. The molecule has 0 bridgehead atoms. The van der Waals surface area contributed by atoms with E-state index >= 15 is 0 Å². The van der Waals surface area contributed by atoms with Crippen LogP contribution >= 0.6 is 0 Å². The minimum absolute atomic E-state index is 0.0198. The maximum Gasteiger partial charge on any atom is 0.253 e. The number of rotatable bonds is 5. The maximum absolute atomic E-state index is 13.2. The molecule has 0 aromatic heterocycles. The Morgan fingerprint density at radius 2 is 1.61 bits per heavy atom. The molecule has 33 heavy (non-hydrogen) atoms. The average molecular weight is 442 g/mol. The summed E-state index contributed by atoms with van der Waals surface area (Å²) in [5.74, 6) is 0.941. The van der Waals surface area contributed by atoms with Gasteiger partial charge in [0.25, 0.3) is 5.91 Å². The van der Waals surface area contributed by atoms with Gasteiger partial charge in [0, 0.05) is 37.4 Å². The number of anilines is 2. The second-order valence-corrected chi connectivity index (χ2v) is 8.44. The van der Waals surface area contributed by atoms with Gasteiger partial charge in [-0.25, -0.2) is 0 Å². The third kappa shape index (κ3) is 4.16. The highest BCUT2D eigenvalue weighted by atomic mass is 16.5. The Bertz CT molecular complexity index is 1170. The summed E-state index contributed by atoms with van der Waals surface area (Å²) in [5, 5.41) is 0. The van der Waals surface area contributed by atoms with Crippen molar-refractivity contribution in [2.45, 2.75) is 13.0 Å².